The van der Waals surface area contributed by atoms with Crippen LogP contribution < -0.4 is 0 Å². The molecule has 0 radical (unpaired) electrons. The number of hydrogen-bond donors (Lipinski definition) is 0. The molecule has 0 aromatic rings. The van der Waals surface area contributed by atoms with Gasteiger partial charge in [-0.2, -0.15) is 12.8 Å². The normalized spacial score (nSPS) is 22.2. The Labute approximate surface area is 77.8 Å². The molecule has 1 rings (SSSR count). The van der Waals surface area contributed by atoms with Gasteiger partial charge in [0.2, 0.25) is 0 Å². The molecule has 0 aromatic heterocycles. The second-order valence-corrected chi connectivity index (χ2v) is 2.80. The molecular formula is C8H14OW. The molecule has 0 atom stereocenters. The molecule has 58 valence electrons. The first-order valence-corrected chi connectivity index (χ1v) is 3.49. The number of ether oxygens (including phenoxy) is 1. The molecule has 0 N–H and O–H groups in total. The molecule has 1 nitrogen and oxygen atoms in total. The van der Waals surface area contributed by atoms with Gasteiger partial charge in [-0.25, -0.2) is 0 Å². The second kappa shape index (κ2) is 4.51. The van der Waals surface area contributed by atoms with Gasteiger partial charge in [0.05, 0.1) is 0 Å². The fourth-order valence-corrected chi connectivity index (χ4v) is 1.17. The summed E-state index contributed by atoms with van der Waals surface area (Å²) in [5.74, 6) is 0. The maximum atomic E-state index is 5.26. The molecule has 1 aliphatic heterocycles. The van der Waals surface area contributed by atoms with Crippen LogP contribution in [0, 0.1) is 19.3 Å². The Kier molecular flexibility index (Phi) is 4.80. The minimum Gasteiger partial charge on any atom is -0.381 e. The van der Waals surface area contributed by atoms with Crippen molar-refractivity contribution in [2.45, 2.75) is 19.3 Å². The van der Waals surface area contributed by atoms with Crippen LogP contribution in [0.25, 0.3) is 0 Å². The largest absolute Gasteiger partial charge is 2.00 e. The molecule has 0 bridgehead atoms. The zero-order valence-corrected chi connectivity index (χ0v) is 9.20. The summed E-state index contributed by atoms with van der Waals surface area (Å²) in [5, 5.41) is 0. The van der Waals surface area contributed by atoms with E-state index < -0.39 is 0 Å². The number of rotatable bonds is 2. The Balaban J connectivity index is 0.000000810. The van der Waals surface area contributed by atoms with Crippen molar-refractivity contribution in [1.82, 2.24) is 0 Å². The summed E-state index contributed by atoms with van der Waals surface area (Å²) in [4.78, 5) is 0. The molecule has 0 spiro atoms. The third-order valence-electron chi connectivity index (χ3n) is 2.25. The van der Waals surface area contributed by atoms with Crippen molar-refractivity contribution >= 4 is 0 Å². The molecule has 0 unspecified atom stereocenters. The van der Waals surface area contributed by atoms with Crippen LogP contribution in [0.1, 0.15) is 19.3 Å². The van der Waals surface area contributed by atoms with Gasteiger partial charge in [0.1, 0.15) is 0 Å². The molecule has 1 fully saturated rings. The quantitative estimate of drug-likeness (QED) is 0.707. The van der Waals surface area contributed by atoms with E-state index in [-0.39, 0.29) is 21.1 Å². The Morgan fingerprint density at radius 1 is 1.30 bits per heavy atom. The van der Waals surface area contributed by atoms with Crippen molar-refractivity contribution in [3.8, 4) is 0 Å². The van der Waals surface area contributed by atoms with Crippen LogP contribution in [0.5, 0.6) is 0 Å². The van der Waals surface area contributed by atoms with Gasteiger partial charge in [0.25, 0.3) is 0 Å². The average Bonchev–Trinajstić information content (AvgIpc) is 2.36. The zero-order valence-electron chi connectivity index (χ0n) is 6.27. The summed E-state index contributed by atoms with van der Waals surface area (Å²) in [6.07, 6.45) is 3.09. The van der Waals surface area contributed by atoms with Crippen molar-refractivity contribution < 1.29 is 25.8 Å². The molecule has 0 saturated carbocycles. The summed E-state index contributed by atoms with van der Waals surface area (Å²) < 4.78 is 5.26. The van der Waals surface area contributed by atoms with Crippen LogP contribution in [0.15, 0.2) is 0 Å². The third-order valence-corrected chi connectivity index (χ3v) is 2.25. The van der Waals surface area contributed by atoms with Gasteiger partial charge in [-0.15, -0.1) is 0 Å². The first-order chi connectivity index (χ1) is 4.33. The third kappa shape index (κ3) is 2.07. The Hall–Kier alpha value is 0.648. The van der Waals surface area contributed by atoms with Gasteiger partial charge in [-0.1, -0.05) is 5.41 Å². The van der Waals surface area contributed by atoms with Crippen LogP contribution in [0.4, 0.5) is 0 Å². The Morgan fingerprint density at radius 3 is 2.10 bits per heavy atom. The maximum absolute atomic E-state index is 5.26. The Bertz CT molecular complexity index is 81.3. The van der Waals surface area contributed by atoms with E-state index in [2.05, 4.69) is 13.8 Å². The summed E-state index contributed by atoms with van der Waals surface area (Å²) >= 11 is 0. The molecule has 0 amide bonds. The summed E-state index contributed by atoms with van der Waals surface area (Å²) in [6.45, 7) is 9.56. The molecular weight excluding hydrogens is 296 g/mol. The van der Waals surface area contributed by atoms with Gasteiger partial charge in [0, 0.05) is 13.2 Å². The van der Waals surface area contributed by atoms with Crippen molar-refractivity contribution in [1.29, 1.82) is 0 Å². The molecule has 0 aliphatic carbocycles. The fourth-order valence-electron chi connectivity index (χ4n) is 1.17. The summed E-state index contributed by atoms with van der Waals surface area (Å²) in [5.41, 5.74) is 0.333. The minimum atomic E-state index is 0. The van der Waals surface area contributed by atoms with E-state index in [9.17, 15) is 0 Å². The Morgan fingerprint density at radius 2 is 1.90 bits per heavy atom. The monoisotopic (exact) mass is 310 g/mol. The van der Waals surface area contributed by atoms with Gasteiger partial charge in [-0.05, 0) is 6.42 Å². The van der Waals surface area contributed by atoms with Gasteiger partial charge in [0.15, 0.2) is 0 Å². The van der Waals surface area contributed by atoms with Crippen LogP contribution in [0.3, 0.4) is 0 Å². The van der Waals surface area contributed by atoms with E-state index in [1.54, 1.807) is 0 Å². The standard InChI is InChI=1S/C8H14O.W/c1-3-8(4-2)5-6-9-7-8;/h1-7H2;/q-2;+2. The average molecular weight is 310 g/mol. The maximum Gasteiger partial charge on any atom is 2.00 e. The topological polar surface area (TPSA) is 9.23 Å². The first-order valence-electron chi connectivity index (χ1n) is 3.49. The SMILES string of the molecule is [CH2-]CC1(C[CH2-])CCOC1.[W+2]. The molecule has 1 saturated heterocycles. The van der Waals surface area contributed by atoms with Crippen molar-refractivity contribution in [2.24, 2.45) is 5.41 Å². The molecule has 1 heterocycles. The molecule has 1 aliphatic rings. The molecule has 0 aromatic carbocycles. The second-order valence-electron chi connectivity index (χ2n) is 2.80. The van der Waals surface area contributed by atoms with E-state index in [1.165, 1.54) is 0 Å². The van der Waals surface area contributed by atoms with Crippen molar-refractivity contribution in [2.75, 3.05) is 13.2 Å². The van der Waals surface area contributed by atoms with Crippen LogP contribution in [-0.4, -0.2) is 13.2 Å². The first kappa shape index (κ1) is 10.6. The van der Waals surface area contributed by atoms with Crippen LogP contribution in [0.2, 0.25) is 0 Å². The van der Waals surface area contributed by atoms with E-state index >= 15 is 0 Å². The molecule has 10 heavy (non-hydrogen) atoms. The van der Waals surface area contributed by atoms with Gasteiger partial charge in [-0.3, -0.25) is 0 Å². The molecule has 2 heteroatoms. The van der Waals surface area contributed by atoms with E-state index in [1.807, 2.05) is 0 Å². The van der Waals surface area contributed by atoms with Gasteiger partial charge >= 0.3 is 21.1 Å². The minimum absolute atomic E-state index is 0. The zero-order chi connectivity index (χ0) is 6.74. The summed E-state index contributed by atoms with van der Waals surface area (Å²) in [7, 11) is 0. The van der Waals surface area contributed by atoms with Crippen molar-refractivity contribution in [3.05, 3.63) is 13.8 Å². The predicted molar refractivity (Wildman–Crippen MR) is 37.8 cm³/mol. The van der Waals surface area contributed by atoms with Crippen molar-refractivity contribution in [3.63, 3.8) is 0 Å². The number of hydrogen-bond acceptors (Lipinski definition) is 1. The van der Waals surface area contributed by atoms with E-state index in [0.717, 1.165) is 32.5 Å². The van der Waals surface area contributed by atoms with E-state index in [0.29, 0.717) is 5.41 Å². The van der Waals surface area contributed by atoms with Gasteiger partial charge < -0.3 is 18.6 Å². The van der Waals surface area contributed by atoms with E-state index in [4.69, 9.17) is 4.74 Å². The smallest absolute Gasteiger partial charge is 0.381 e. The van der Waals surface area contributed by atoms with Crippen LogP contribution >= 0.6 is 0 Å². The fraction of sp³-hybridized carbons (Fsp3) is 0.750. The van der Waals surface area contributed by atoms with Crippen LogP contribution in [-0.2, 0) is 25.8 Å². The predicted octanol–water partition coefficient (Wildman–Crippen LogP) is 1.84. The summed E-state index contributed by atoms with van der Waals surface area (Å²) in [6, 6.07) is 0.